The van der Waals surface area contributed by atoms with E-state index >= 15 is 0 Å². The molecule has 8 nitrogen and oxygen atoms in total. The van der Waals surface area contributed by atoms with E-state index in [2.05, 4.69) is 4.74 Å². The highest BCUT2D eigenvalue weighted by molar-refractivity contribution is 5.90. The largest absolute Gasteiger partial charge is 0.481 e. The number of hydrogen-bond acceptors (Lipinski definition) is 5. The van der Waals surface area contributed by atoms with Gasteiger partial charge in [-0.3, -0.25) is 14.4 Å². The highest BCUT2D eigenvalue weighted by atomic mass is 16.6. The molecule has 0 bridgehead atoms. The van der Waals surface area contributed by atoms with Gasteiger partial charge in [0.05, 0.1) is 18.8 Å². The molecular formula is C10H14O8. The molecule has 0 aliphatic rings. The average molecular weight is 262 g/mol. The van der Waals surface area contributed by atoms with Gasteiger partial charge in [0.25, 0.3) is 0 Å². The maximum Gasteiger partial charge on any atom is 0.349 e. The molecule has 0 saturated heterocycles. The predicted molar refractivity (Wildman–Crippen MR) is 55.8 cm³/mol. The minimum absolute atomic E-state index is 0.702. The minimum Gasteiger partial charge on any atom is -0.481 e. The van der Waals surface area contributed by atoms with E-state index in [-0.39, 0.29) is 0 Å². The number of carbonyl (C=O) groups excluding carboxylic acids is 1. The molecule has 0 atom stereocenters. The van der Waals surface area contributed by atoms with Gasteiger partial charge in [-0.15, -0.1) is 0 Å². The van der Waals surface area contributed by atoms with Crippen LogP contribution in [0.15, 0.2) is 0 Å². The van der Waals surface area contributed by atoms with Crippen LogP contribution < -0.4 is 0 Å². The molecule has 18 heavy (non-hydrogen) atoms. The van der Waals surface area contributed by atoms with Gasteiger partial charge >= 0.3 is 23.9 Å². The van der Waals surface area contributed by atoms with E-state index in [1.807, 2.05) is 0 Å². The van der Waals surface area contributed by atoms with Crippen LogP contribution in [0.3, 0.4) is 0 Å². The molecule has 0 radical (unpaired) electrons. The molecule has 0 amide bonds. The second kappa shape index (κ2) is 5.99. The van der Waals surface area contributed by atoms with Gasteiger partial charge in [0, 0.05) is 0 Å². The van der Waals surface area contributed by atoms with E-state index in [9.17, 15) is 19.2 Å². The number of hydrogen-bond donors (Lipinski definition) is 3. The maximum atomic E-state index is 11.4. The van der Waals surface area contributed by atoms with Gasteiger partial charge in [-0.05, 0) is 0 Å². The van der Waals surface area contributed by atoms with Crippen molar-refractivity contribution >= 4 is 23.9 Å². The first-order valence-corrected chi connectivity index (χ1v) is 5.00. The topological polar surface area (TPSA) is 138 Å². The highest BCUT2D eigenvalue weighted by Gasteiger charge is 2.47. The molecule has 0 aromatic heterocycles. The minimum atomic E-state index is -2.58. The summed E-state index contributed by atoms with van der Waals surface area (Å²) in [4.78, 5) is 43.6. The molecular weight excluding hydrogens is 248 g/mol. The Labute approximate surface area is 102 Å². The lowest BCUT2D eigenvalue weighted by atomic mass is 9.95. The van der Waals surface area contributed by atoms with Gasteiger partial charge in [0.1, 0.15) is 0 Å². The Balaban J connectivity index is 5.31. The summed E-state index contributed by atoms with van der Waals surface area (Å²) in [6.45, 7) is 2.83. The van der Waals surface area contributed by atoms with Gasteiger partial charge in [0.2, 0.25) is 5.60 Å². The van der Waals surface area contributed by atoms with Crippen LogP contribution in [-0.2, 0) is 23.9 Å². The Bertz CT molecular complexity index is 354. The van der Waals surface area contributed by atoms with Crippen molar-refractivity contribution in [1.82, 2.24) is 0 Å². The summed E-state index contributed by atoms with van der Waals surface area (Å²) in [7, 11) is 0. The molecule has 0 aromatic rings. The van der Waals surface area contributed by atoms with E-state index < -0.39 is 48.2 Å². The molecule has 0 unspecified atom stereocenters. The summed E-state index contributed by atoms with van der Waals surface area (Å²) < 4.78 is 4.58. The lowest BCUT2D eigenvalue weighted by Gasteiger charge is -2.27. The maximum absolute atomic E-state index is 11.4. The molecule has 0 aliphatic carbocycles. The van der Waals surface area contributed by atoms with Crippen molar-refractivity contribution in [1.29, 1.82) is 0 Å². The fraction of sp³-hybridized carbons (Fsp3) is 0.600. The van der Waals surface area contributed by atoms with E-state index in [1.165, 1.54) is 13.8 Å². The van der Waals surface area contributed by atoms with Crippen LogP contribution in [-0.4, -0.2) is 44.8 Å². The van der Waals surface area contributed by atoms with Crippen LogP contribution in [0.1, 0.15) is 26.7 Å². The van der Waals surface area contributed by atoms with Gasteiger partial charge < -0.3 is 20.1 Å². The first-order valence-electron chi connectivity index (χ1n) is 5.00. The lowest BCUT2D eigenvalue weighted by molar-refractivity contribution is -0.188. The molecule has 0 saturated carbocycles. The monoisotopic (exact) mass is 262 g/mol. The number of carboxylic acid groups (broad SMARTS) is 3. The summed E-state index contributed by atoms with van der Waals surface area (Å²) in [5.41, 5.74) is -2.58. The predicted octanol–water partition coefficient (Wildman–Crippen LogP) is -0.0416. The zero-order valence-electron chi connectivity index (χ0n) is 9.87. The summed E-state index contributed by atoms with van der Waals surface area (Å²) in [6.07, 6.45) is -2.24. The van der Waals surface area contributed by atoms with Crippen LogP contribution in [0.4, 0.5) is 0 Å². The summed E-state index contributed by atoms with van der Waals surface area (Å²) in [6, 6.07) is 0. The number of esters is 1. The number of carboxylic acids is 3. The van der Waals surface area contributed by atoms with Gasteiger partial charge in [-0.1, -0.05) is 13.8 Å². The summed E-state index contributed by atoms with van der Waals surface area (Å²) >= 11 is 0. The van der Waals surface area contributed by atoms with Crippen molar-refractivity contribution in [3.05, 3.63) is 0 Å². The zero-order chi connectivity index (χ0) is 14.5. The third kappa shape index (κ3) is 4.40. The first kappa shape index (κ1) is 15.9. The van der Waals surface area contributed by atoms with E-state index in [0.29, 0.717) is 0 Å². The molecule has 0 aliphatic heterocycles. The molecule has 0 spiro atoms. The number of rotatable bonds is 7. The second-order valence-corrected chi connectivity index (χ2v) is 4.02. The zero-order valence-corrected chi connectivity index (χ0v) is 9.87. The third-order valence-electron chi connectivity index (χ3n) is 2.03. The Hall–Kier alpha value is -2.12. The number of aliphatic carboxylic acids is 3. The van der Waals surface area contributed by atoms with Crippen molar-refractivity contribution in [3.8, 4) is 0 Å². The van der Waals surface area contributed by atoms with Crippen molar-refractivity contribution in [2.75, 3.05) is 0 Å². The molecule has 102 valence electrons. The Kier molecular flexibility index (Phi) is 5.28. The quantitative estimate of drug-likeness (QED) is 0.543. The Morgan fingerprint density at radius 1 is 1.00 bits per heavy atom. The number of carbonyl (C=O) groups is 4. The number of ether oxygens (including phenoxy) is 1. The van der Waals surface area contributed by atoms with Crippen LogP contribution in [0.5, 0.6) is 0 Å². The van der Waals surface area contributed by atoms with Crippen molar-refractivity contribution in [3.63, 3.8) is 0 Å². The molecule has 3 N–H and O–H groups in total. The van der Waals surface area contributed by atoms with Crippen molar-refractivity contribution < 1.29 is 39.2 Å². The van der Waals surface area contributed by atoms with E-state index in [1.54, 1.807) is 0 Å². The Morgan fingerprint density at radius 3 is 1.61 bits per heavy atom. The van der Waals surface area contributed by atoms with E-state index in [4.69, 9.17) is 15.3 Å². The molecule has 0 fully saturated rings. The first-order chi connectivity index (χ1) is 8.10. The fourth-order valence-electron chi connectivity index (χ4n) is 1.13. The lowest BCUT2D eigenvalue weighted by Crippen LogP contribution is -2.47. The molecule has 0 rings (SSSR count). The SMILES string of the molecule is CC(C)C(=O)OC(CC(=O)O)(CC(=O)O)C(=O)O. The van der Waals surface area contributed by atoms with Crippen molar-refractivity contribution in [2.24, 2.45) is 5.92 Å². The van der Waals surface area contributed by atoms with Crippen LogP contribution >= 0.6 is 0 Å². The smallest absolute Gasteiger partial charge is 0.349 e. The summed E-state index contributed by atoms with van der Waals surface area (Å²) in [5, 5.41) is 26.2. The van der Waals surface area contributed by atoms with Gasteiger partial charge in [-0.2, -0.15) is 0 Å². The fourth-order valence-corrected chi connectivity index (χ4v) is 1.13. The molecule has 0 aromatic carbocycles. The molecule has 0 heterocycles. The Morgan fingerprint density at radius 2 is 1.39 bits per heavy atom. The molecule has 8 heteroatoms. The van der Waals surface area contributed by atoms with Gasteiger partial charge in [-0.25, -0.2) is 4.79 Å². The normalized spacial score (nSPS) is 11.1. The van der Waals surface area contributed by atoms with Crippen LogP contribution in [0.2, 0.25) is 0 Å². The second-order valence-electron chi connectivity index (χ2n) is 4.02. The van der Waals surface area contributed by atoms with Gasteiger partial charge in [0.15, 0.2) is 0 Å². The van der Waals surface area contributed by atoms with E-state index in [0.717, 1.165) is 0 Å². The third-order valence-corrected chi connectivity index (χ3v) is 2.03. The van der Waals surface area contributed by atoms with Crippen LogP contribution in [0.25, 0.3) is 0 Å². The summed E-state index contributed by atoms with van der Waals surface area (Å²) in [5.74, 6) is -6.63. The average Bonchev–Trinajstić information content (AvgIpc) is 2.14. The highest BCUT2D eigenvalue weighted by Crippen LogP contribution is 2.23. The standard InChI is InChI=1S/C10H14O8/c1-5(2)8(15)18-10(9(16)17,3-6(11)12)4-7(13)14/h5H,3-4H2,1-2H3,(H,11,12)(H,13,14)(H,16,17). The van der Waals surface area contributed by atoms with Crippen molar-refractivity contribution in [2.45, 2.75) is 32.3 Å². The van der Waals surface area contributed by atoms with Crippen LogP contribution in [0, 0.1) is 5.92 Å².